The molecule has 1 rings (SSSR count). The minimum atomic E-state index is 0. The molecule has 0 atom stereocenters. The van der Waals surface area contributed by atoms with Crippen molar-refractivity contribution in [2.75, 3.05) is 6.61 Å². The van der Waals surface area contributed by atoms with Crippen molar-refractivity contribution >= 4 is 17.9 Å². The van der Waals surface area contributed by atoms with Crippen molar-refractivity contribution in [2.24, 2.45) is 0 Å². The van der Waals surface area contributed by atoms with Crippen LogP contribution in [0.1, 0.15) is 57.2 Å². The number of aldehydes is 1. The molecule has 0 amide bonds. The average molecular weight is 293 g/mol. The molecule has 0 saturated heterocycles. The molecule has 1 aromatic rings. The number of ether oxygens (including phenoxy) is 1. The van der Waals surface area contributed by atoms with Crippen molar-refractivity contribution < 1.29 is 40.5 Å². The third-order valence-electron chi connectivity index (χ3n) is 2.85. The summed E-state index contributed by atoms with van der Waals surface area (Å²) in [5.74, 6) is 0.663. The van der Waals surface area contributed by atoms with Gasteiger partial charge < -0.3 is 6.16 Å². The zero-order valence-corrected chi connectivity index (χ0v) is 14.7. The normalized spacial score (nSPS) is 9.79. The van der Waals surface area contributed by atoms with E-state index in [4.69, 9.17) is 16.3 Å². The van der Waals surface area contributed by atoms with E-state index in [0.717, 1.165) is 12.7 Å². The third kappa shape index (κ3) is 7.98. The van der Waals surface area contributed by atoms with Gasteiger partial charge in [0, 0.05) is 5.56 Å². The second-order valence-electron chi connectivity index (χ2n) is 4.42. The van der Waals surface area contributed by atoms with Gasteiger partial charge >= 0.3 is 29.6 Å². The van der Waals surface area contributed by atoms with Crippen LogP contribution >= 0.6 is 11.6 Å². The SMILES string of the molecule is CCCCCCCCOc1ccc(C=O)cc1Cl.[H-].[Na+]. The number of hydrogen-bond acceptors (Lipinski definition) is 2. The summed E-state index contributed by atoms with van der Waals surface area (Å²) in [6.07, 6.45) is 8.21. The average Bonchev–Trinajstić information content (AvgIpc) is 2.39. The van der Waals surface area contributed by atoms with Gasteiger partial charge in [0.25, 0.3) is 0 Å². The zero-order valence-electron chi connectivity index (χ0n) is 13.0. The summed E-state index contributed by atoms with van der Waals surface area (Å²) >= 11 is 6.01. The minimum Gasteiger partial charge on any atom is -1.00 e. The quantitative estimate of drug-likeness (QED) is 0.395. The maximum atomic E-state index is 10.6. The first-order valence-corrected chi connectivity index (χ1v) is 7.03. The van der Waals surface area contributed by atoms with Crippen LogP contribution in [0, 0.1) is 0 Å². The van der Waals surface area contributed by atoms with Crippen molar-refractivity contribution in [2.45, 2.75) is 45.4 Å². The van der Waals surface area contributed by atoms with Crippen LogP contribution in [0.25, 0.3) is 0 Å². The zero-order chi connectivity index (χ0) is 13.2. The molecule has 19 heavy (non-hydrogen) atoms. The van der Waals surface area contributed by atoms with E-state index in [1.165, 1.54) is 32.1 Å². The molecule has 0 aliphatic heterocycles. The molecule has 0 aliphatic carbocycles. The Morgan fingerprint density at radius 2 is 1.89 bits per heavy atom. The second-order valence-corrected chi connectivity index (χ2v) is 4.83. The third-order valence-corrected chi connectivity index (χ3v) is 3.14. The van der Waals surface area contributed by atoms with Crippen LogP contribution in [0.15, 0.2) is 18.2 Å². The molecule has 0 heterocycles. The van der Waals surface area contributed by atoms with Crippen molar-refractivity contribution in [1.82, 2.24) is 0 Å². The molecular weight excluding hydrogens is 271 g/mol. The first-order valence-electron chi connectivity index (χ1n) is 6.65. The van der Waals surface area contributed by atoms with Crippen molar-refractivity contribution in [3.8, 4) is 5.75 Å². The predicted molar refractivity (Wildman–Crippen MR) is 76.8 cm³/mol. The molecule has 0 spiro atoms. The standard InChI is InChI=1S/C15H21ClO2.Na.H/c1-2-3-4-5-6-7-10-18-15-9-8-13(12-17)11-14(15)16;;/h8-9,11-12H,2-7,10H2,1H3;;/q;+1;-1. The Morgan fingerprint density at radius 1 is 1.21 bits per heavy atom. The molecule has 4 heteroatoms. The fourth-order valence-corrected chi connectivity index (χ4v) is 2.02. The molecular formula is C15H22ClNaO2. The fourth-order valence-electron chi connectivity index (χ4n) is 1.77. The molecule has 0 fully saturated rings. The van der Waals surface area contributed by atoms with Gasteiger partial charge in [-0.05, 0) is 24.6 Å². The van der Waals surface area contributed by atoms with Gasteiger partial charge in [-0.15, -0.1) is 0 Å². The Hall–Kier alpha value is -0.0200. The van der Waals surface area contributed by atoms with Gasteiger partial charge in [0.15, 0.2) is 0 Å². The Morgan fingerprint density at radius 3 is 2.53 bits per heavy atom. The second kappa shape index (κ2) is 11.8. The van der Waals surface area contributed by atoms with Crippen LogP contribution in [0.3, 0.4) is 0 Å². The first-order chi connectivity index (χ1) is 8.77. The molecule has 0 saturated carbocycles. The summed E-state index contributed by atoms with van der Waals surface area (Å²) in [6, 6.07) is 5.10. The van der Waals surface area contributed by atoms with Crippen molar-refractivity contribution in [3.63, 3.8) is 0 Å². The van der Waals surface area contributed by atoms with E-state index in [0.29, 0.717) is 22.9 Å². The summed E-state index contributed by atoms with van der Waals surface area (Å²) < 4.78 is 5.59. The predicted octanol–water partition coefficient (Wildman–Crippen LogP) is 2.01. The molecule has 0 radical (unpaired) electrons. The molecule has 1 aromatic carbocycles. The minimum absolute atomic E-state index is 0. The van der Waals surface area contributed by atoms with Crippen LogP contribution in [0.2, 0.25) is 5.02 Å². The molecule has 2 nitrogen and oxygen atoms in total. The van der Waals surface area contributed by atoms with E-state index in [2.05, 4.69) is 6.92 Å². The number of hydrogen-bond donors (Lipinski definition) is 0. The monoisotopic (exact) mass is 292 g/mol. The van der Waals surface area contributed by atoms with Gasteiger partial charge in [-0.2, -0.15) is 0 Å². The van der Waals surface area contributed by atoms with Gasteiger partial charge in [-0.1, -0.05) is 50.6 Å². The van der Waals surface area contributed by atoms with E-state index in [1.807, 2.05) is 0 Å². The van der Waals surface area contributed by atoms with E-state index in [1.54, 1.807) is 18.2 Å². The van der Waals surface area contributed by atoms with E-state index >= 15 is 0 Å². The fraction of sp³-hybridized carbons (Fsp3) is 0.533. The van der Waals surface area contributed by atoms with Gasteiger partial charge in [0.1, 0.15) is 12.0 Å². The Kier molecular flexibility index (Phi) is 11.8. The Bertz CT molecular complexity index is 375. The van der Waals surface area contributed by atoms with Crippen LogP contribution < -0.4 is 34.3 Å². The number of halogens is 1. The summed E-state index contributed by atoms with van der Waals surface area (Å²) in [4.78, 5) is 10.6. The summed E-state index contributed by atoms with van der Waals surface area (Å²) in [5, 5.41) is 0.505. The van der Waals surface area contributed by atoms with Gasteiger partial charge in [0.2, 0.25) is 0 Å². The number of rotatable bonds is 9. The largest absolute Gasteiger partial charge is 1.00 e. The van der Waals surface area contributed by atoms with Gasteiger partial charge in [-0.3, -0.25) is 4.79 Å². The molecule has 102 valence electrons. The number of benzene rings is 1. The molecule has 0 bridgehead atoms. The maximum absolute atomic E-state index is 10.6. The summed E-state index contributed by atoms with van der Waals surface area (Å²) in [6.45, 7) is 2.90. The molecule has 0 aromatic heterocycles. The van der Waals surface area contributed by atoms with Gasteiger partial charge in [-0.25, -0.2) is 0 Å². The van der Waals surface area contributed by atoms with E-state index < -0.39 is 0 Å². The van der Waals surface area contributed by atoms with Gasteiger partial charge in [0.05, 0.1) is 11.6 Å². The number of carbonyl (C=O) groups is 1. The summed E-state index contributed by atoms with van der Waals surface area (Å²) in [5.41, 5.74) is 0.576. The van der Waals surface area contributed by atoms with Crippen molar-refractivity contribution in [1.29, 1.82) is 0 Å². The van der Waals surface area contributed by atoms with Crippen LogP contribution in [0.4, 0.5) is 0 Å². The molecule has 0 aliphatic rings. The number of carbonyl (C=O) groups excluding carboxylic acids is 1. The number of unbranched alkanes of at least 4 members (excludes halogenated alkanes) is 5. The first kappa shape index (κ1) is 19.0. The van der Waals surface area contributed by atoms with Crippen LogP contribution in [-0.2, 0) is 0 Å². The van der Waals surface area contributed by atoms with Crippen LogP contribution in [0.5, 0.6) is 5.75 Å². The van der Waals surface area contributed by atoms with Crippen molar-refractivity contribution in [3.05, 3.63) is 28.8 Å². The summed E-state index contributed by atoms with van der Waals surface area (Å²) in [7, 11) is 0. The smallest absolute Gasteiger partial charge is 1.00 e. The Balaban J connectivity index is 0. The maximum Gasteiger partial charge on any atom is 1.00 e. The van der Waals surface area contributed by atoms with Crippen LogP contribution in [-0.4, -0.2) is 12.9 Å². The van der Waals surface area contributed by atoms with E-state index in [9.17, 15) is 4.79 Å². The molecule has 0 N–H and O–H groups in total. The van der Waals surface area contributed by atoms with E-state index in [-0.39, 0.29) is 31.0 Å². The molecule has 0 unspecified atom stereocenters. The topological polar surface area (TPSA) is 26.3 Å². The Labute approximate surface area is 144 Å².